The number of imidazole rings is 1. The van der Waals surface area contributed by atoms with Gasteiger partial charge in [-0.3, -0.25) is 0 Å². The van der Waals surface area contributed by atoms with Gasteiger partial charge in [-0.1, -0.05) is 6.07 Å². The molecule has 4 nitrogen and oxygen atoms in total. The minimum atomic E-state index is -0.135. The number of aromatic amines is 2. The van der Waals surface area contributed by atoms with Gasteiger partial charge in [0.05, 0.1) is 11.0 Å². The van der Waals surface area contributed by atoms with E-state index in [2.05, 4.69) is 27.4 Å². The Labute approximate surface area is 80.3 Å². The summed E-state index contributed by atoms with van der Waals surface area (Å²) in [7, 11) is 0. The number of rotatable bonds is 1. The monoisotopic (exact) mass is 189 g/mol. The molecule has 1 aromatic carbocycles. The molecule has 2 aromatic rings. The topological polar surface area (TPSA) is 60.7 Å². The summed E-state index contributed by atoms with van der Waals surface area (Å²) in [4.78, 5) is 16.5. The number of aromatic nitrogens is 2. The summed E-state index contributed by atoms with van der Waals surface area (Å²) < 4.78 is 0. The van der Waals surface area contributed by atoms with E-state index in [1.54, 1.807) is 0 Å². The summed E-state index contributed by atoms with van der Waals surface area (Å²) in [6.07, 6.45) is 0. The first kappa shape index (κ1) is 7.82. The maximum absolute atomic E-state index is 11.0. The van der Waals surface area contributed by atoms with Gasteiger partial charge in [-0.15, -0.1) is 0 Å². The second-order valence-electron chi connectivity index (χ2n) is 3.74. The lowest BCUT2D eigenvalue weighted by Gasteiger charge is -2.27. The molecular formula is C10H11N3O. The molecule has 0 spiro atoms. The highest BCUT2D eigenvalue weighted by atomic mass is 16.1. The molecule has 1 aromatic heterocycles. The normalized spacial score (nSPS) is 17.1. The van der Waals surface area contributed by atoms with Crippen molar-refractivity contribution in [2.45, 2.75) is 5.92 Å². The summed E-state index contributed by atoms with van der Waals surface area (Å²) in [6, 6.07) is 6.09. The molecule has 0 radical (unpaired) electrons. The van der Waals surface area contributed by atoms with Crippen LogP contribution in [0.25, 0.3) is 11.0 Å². The molecular weight excluding hydrogens is 178 g/mol. The zero-order chi connectivity index (χ0) is 9.54. The van der Waals surface area contributed by atoms with Gasteiger partial charge < -0.3 is 15.3 Å². The van der Waals surface area contributed by atoms with E-state index in [1.165, 1.54) is 5.56 Å². The number of fused-ring (bicyclic) bond motifs is 1. The number of H-pyrrole nitrogens is 2. The standard InChI is InChI=1S/C10H11N3O/c14-10-12-8-2-1-6(3-9(8)13-10)7-4-11-5-7/h1-3,7,11H,4-5H2,(H2,12,13,14). The van der Waals surface area contributed by atoms with Gasteiger partial charge in [-0.2, -0.15) is 0 Å². The summed E-state index contributed by atoms with van der Waals surface area (Å²) in [5, 5.41) is 3.23. The molecule has 0 atom stereocenters. The average Bonchev–Trinajstić information content (AvgIpc) is 2.40. The molecule has 0 bridgehead atoms. The molecule has 0 saturated carbocycles. The molecule has 1 saturated heterocycles. The van der Waals surface area contributed by atoms with Crippen LogP contribution >= 0.6 is 0 Å². The Hall–Kier alpha value is -1.55. The zero-order valence-corrected chi connectivity index (χ0v) is 7.63. The van der Waals surface area contributed by atoms with Gasteiger partial charge in [0.15, 0.2) is 0 Å². The summed E-state index contributed by atoms with van der Waals surface area (Å²) in [6.45, 7) is 2.08. The molecule has 3 N–H and O–H groups in total. The average molecular weight is 189 g/mol. The van der Waals surface area contributed by atoms with Crippen LogP contribution in [0.1, 0.15) is 11.5 Å². The molecule has 1 aliphatic rings. The largest absolute Gasteiger partial charge is 0.323 e. The van der Waals surface area contributed by atoms with Crippen LogP contribution in [0.4, 0.5) is 0 Å². The van der Waals surface area contributed by atoms with Gasteiger partial charge in [-0.05, 0) is 17.7 Å². The lowest BCUT2D eigenvalue weighted by Crippen LogP contribution is -2.39. The second-order valence-corrected chi connectivity index (χ2v) is 3.74. The SMILES string of the molecule is O=c1[nH]c2ccc(C3CNC3)cc2[nH]1. The summed E-state index contributed by atoms with van der Waals surface area (Å²) in [5.41, 5.74) is 2.95. The van der Waals surface area contributed by atoms with Crippen molar-refractivity contribution in [3.8, 4) is 0 Å². The Morgan fingerprint density at radius 3 is 2.64 bits per heavy atom. The van der Waals surface area contributed by atoms with E-state index in [0.29, 0.717) is 5.92 Å². The number of hydrogen-bond acceptors (Lipinski definition) is 2. The van der Waals surface area contributed by atoms with Crippen molar-refractivity contribution in [1.29, 1.82) is 0 Å². The Balaban J connectivity index is 2.13. The molecule has 2 heterocycles. The van der Waals surface area contributed by atoms with E-state index >= 15 is 0 Å². The van der Waals surface area contributed by atoms with E-state index in [9.17, 15) is 4.79 Å². The quantitative estimate of drug-likeness (QED) is 0.613. The summed E-state index contributed by atoms with van der Waals surface area (Å²) in [5.74, 6) is 0.609. The third kappa shape index (κ3) is 1.08. The Morgan fingerprint density at radius 1 is 1.14 bits per heavy atom. The third-order valence-electron chi connectivity index (χ3n) is 2.79. The molecule has 72 valence electrons. The molecule has 4 heteroatoms. The van der Waals surface area contributed by atoms with Crippen LogP contribution in [-0.4, -0.2) is 23.1 Å². The summed E-state index contributed by atoms with van der Waals surface area (Å²) >= 11 is 0. The van der Waals surface area contributed by atoms with Crippen molar-refractivity contribution < 1.29 is 0 Å². The number of benzene rings is 1. The minimum absolute atomic E-state index is 0.135. The number of nitrogens with one attached hydrogen (secondary N) is 3. The Morgan fingerprint density at radius 2 is 1.93 bits per heavy atom. The molecule has 0 aliphatic carbocycles. The van der Waals surface area contributed by atoms with Crippen molar-refractivity contribution >= 4 is 11.0 Å². The van der Waals surface area contributed by atoms with Crippen molar-refractivity contribution in [2.75, 3.05) is 13.1 Å². The second kappa shape index (κ2) is 2.72. The van der Waals surface area contributed by atoms with Gasteiger partial charge in [0, 0.05) is 19.0 Å². The molecule has 0 amide bonds. The van der Waals surface area contributed by atoms with Crippen LogP contribution in [0.5, 0.6) is 0 Å². The molecule has 14 heavy (non-hydrogen) atoms. The van der Waals surface area contributed by atoms with Crippen LogP contribution in [0, 0.1) is 0 Å². The van der Waals surface area contributed by atoms with Crippen LogP contribution in [0.3, 0.4) is 0 Å². The highest BCUT2D eigenvalue weighted by Crippen LogP contribution is 2.21. The van der Waals surface area contributed by atoms with Gasteiger partial charge in [0.1, 0.15) is 0 Å². The van der Waals surface area contributed by atoms with Crippen LogP contribution in [0.15, 0.2) is 23.0 Å². The first-order chi connectivity index (χ1) is 6.83. The molecule has 3 rings (SSSR count). The van der Waals surface area contributed by atoms with E-state index in [-0.39, 0.29) is 5.69 Å². The predicted molar refractivity (Wildman–Crippen MR) is 54.5 cm³/mol. The van der Waals surface area contributed by atoms with Gasteiger partial charge in [0.25, 0.3) is 0 Å². The van der Waals surface area contributed by atoms with E-state index in [4.69, 9.17) is 0 Å². The van der Waals surface area contributed by atoms with Crippen molar-refractivity contribution in [3.05, 3.63) is 34.2 Å². The highest BCUT2D eigenvalue weighted by Gasteiger charge is 2.18. The maximum Gasteiger partial charge on any atom is 0.323 e. The van der Waals surface area contributed by atoms with Crippen molar-refractivity contribution in [2.24, 2.45) is 0 Å². The lowest BCUT2D eigenvalue weighted by atomic mass is 9.93. The Bertz CT molecular complexity index is 521. The highest BCUT2D eigenvalue weighted by molar-refractivity contribution is 5.75. The minimum Gasteiger partial charge on any atom is -0.315 e. The van der Waals surface area contributed by atoms with E-state index < -0.39 is 0 Å². The fraction of sp³-hybridized carbons (Fsp3) is 0.300. The van der Waals surface area contributed by atoms with Gasteiger partial charge >= 0.3 is 5.69 Å². The van der Waals surface area contributed by atoms with E-state index in [1.807, 2.05) is 6.07 Å². The van der Waals surface area contributed by atoms with E-state index in [0.717, 1.165) is 24.1 Å². The Kier molecular flexibility index (Phi) is 1.52. The van der Waals surface area contributed by atoms with Crippen molar-refractivity contribution in [3.63, 3.8) is 0 Å². The van der Waals surface area contributed by atoms with Crippen LogP contribution in [-0.2, 0) is 0 Å². The lowest BCUT2D eigenvalue weighted by molar-refractivity contribution is 0.449. The first-order valence-corrected chi connectivity index (χ1v) is 4.75. The smallest absolute Gasteiger partial charge is 0.315 e. The zero-order valence-electron chi connectivity index (χ0n) is 7.63. The molecule has 0 unspecified atom stereocenters. The first-order valence-electron chi connectivity index (χ1n) is 4.75. The van der Waals surface area contributed by atoms with Crippen LogP contribution in [0.2, 0.25) is 0 Å². The van der Waals surface area contributed by atoms with Gasteiger partial charge in [0.2, 0.25) is 0 Å². The predicted octanol–water partition coefficient (Wildman–Crippen LogP) is 0.543. The fourth-order valence-electron chi connectivity index (χ4n) is 1.83. The van der Waals surface area contributed by atoms with Gasteiger partial charge in [-0.25, -0.2) is 4.79 Å². The maximum atomic E-state index is 11.0. The number of hydrogen-bond donors (Lipinski definition) is 3. The van der Waals surface area contributed by atoms with Crippen molar-refractivity contribution in [1.82, 2.24) is 15.3 Å². The molecule has 1 fully saturated rings. The fourth-order valence-corrected chi connectivity index (χ4v) is 1.83. The third-order valence-corrected chi connectivity index (χ3v) is 2.79. The molecule has 1 aliphatic heterocycles. The van der Waals surface area contributed by atoms with Crippen LogP contribution < -0.4 is 11.0 Å².